The number of methoxy groups -OCH3 is 1. The van der Waals surface area contributed by atoms with Crippen molar-refractivity contribution in [2.45, 2.75) is 18.7 Å². The van der Waals surface area contributed by atoms with Crippen molar-refractivity contribution in [3.8, 4) is 11.5 Å². The van der Waals surface area contributed by atoms with Crippen LogP contribution >= 0.6 is 0 Å². The average molecular weight is 468 g/mol. The van der Waals surface area contributed by atoms with Crippen molar-refractivity contribution in [3.63, 3.8) is 0 Å². The number of aromatic nitrogens is 3. The lowest BCUT2D eigenvalue weighted by molar-refractivity contribution is 0.102. The van der Waals surface area contributed by atoms with Crippen LogP contribution in [0.5, 0.6) is 11.5 Å². The van der Waals surface area contributed by atoms with Crippen molar-refractivity contribution in [1.82, 2.24) is 14.6 Å². The zero-order valence-electron chi connectivity index (χ0n) is 18.0. The van der Waals surface area contributed by atoms with Crippen molar-refractivity contribution in [3.05, 3.63) is 71.7 Å². The van der Waals surface area contributed by atoms with E-state index < -0.39 is 15.9 Å². The molecule has 0 unspecified atom stereocenters. The third-order valence-corrected chi connectivity index (χ3v) is 6.26. The molecule has 4 rings (SSSR count). The van der Waals surface area contributed by atoms with Crippen LogP contribution in [0.2, 0.25) is 0 Å². The number of fused-ring (bicyclic) bond motifs is 1. The number of rotatable bonds is 6. The maximum atomic E-state index is 12.9. The Morgan fingerprint density at radius 3 is 2.61 bits per heavy atom. The fraction of sp³-hybridized carbons (Fsp3) is 0.136. The number of nitrogens with zero attached hydrogens (tertiary/aromatic N) is 3. The van der Waals surface area contributed by atoms with Gasteiger partial charge in [-0.3, -0.25) is 9.52 Å². The van der Waals surface area contributed by atoms with E-state index >= 15 is 0 Å². The normalized spacial score (nSPS) is 11.4. The number of phenolic OH excluding ortho intramolecular Hbond substituents is 1. The molecule has 2 aromatic carbocycles. The molecule has 33 heavy (non-hydrogen) atoms. The Kier molecular flexibility index (Phi) is 5.64. The second-order valence-corrected chi connectivity index (χ2v) is 8.95. The van der Waals surface area contributed by atoms with Gasteiger partial charge in [0.1, 0.15) is 17.1 Å². The van der Waals surface area contributed by atoms with Crippen LogP contribution in [-0.2, 0) is 10.0 Å². The molecule has 0 saturated heterocycles. The van der Waals surface area contributed by atoms with E-state index in [0.717, 1.165) is 5.69 Å². The highest BCUT2D eigenvalue weighted by molar-refractivity contribution is 7.92. The maximum Gasteiger partial charge on any atom is 0.262 e. The molecular formula is C22H21N5O5S. The molecule has 11 heteroatoms. The molecule has 0 fully saturated rings. The summed E-state index contributed by atoms with van der Waals surface area (Å²) in [6.07, 6.45) is 1.37. The minimum atomic E-state index is -4.04. The third-order valence-electron chi connectivity index (χ3n) is 4.90. The first-order chi connectivity index (χ1) is 15.7. The zero-order chi connectivity index (χ0) is 23.8. The van der Waals surface area contributed by atoms with Crippen LogP contribution < -0.4 is 14.8 Å². The molecule has 170 valence electrons. The van der Waals surface area contributed by atoms with Gasteiger partial charge in [-0.25, -0.2) is 17.9 Å². The molecule has 10 nitrogen and oxygen atoms in total. The molecule has 0 saturated carbocycles. The van der Waals surface area contributed by atoms with E-state index in [2.05, 4.69) is 20.1 Å². The van der Waals surface area contributed by atoms with E-state index in [9.17, 15) is 18.3 Å². The van der Waals surface area contributed by atoms with E-state index in [0.29, 0.717) is 17.1 Å². The van der Waals surface area contributed by atoms with Gasteiger partial charge in [0.25, 0.3) is 15.9 Å². The zero-order valence-corrected chi connectivity index (χ0v) is 18.8. The Morgan fingerprint density at radius 1 is 1.09 bits per heavy atom. The number of ether oxygens (including phenoxy) is 1. The second kappa shape index (κ2) is 8.43. The van der Waals surface area contributed by atoms with E-state index in [1.54, 1.807) is 31.2 Å². The fourth-order valence-electron chi connectivity index (χ4n) is 3.34. The number of hydrogen-bond donors (Lipinski definition) is 3. The number of benzene rings is 2. The van der Waals surface area contributed by atoms with Crippen molar-refractivity contribution >= 4 is 33.0 Å². The Morgan fingerprint density at radius 2 is 1.85 bits per heavy atom. The highest BCUT2D eigenvalue weighted by Crippen LogP contribution is 2.30. The molecular weight excluding hydrogens is 446 g/mol. The fourth-order valence-corrected chi connectivity index (χ4v) is 4.43. The molecule has 0 atom stereocenters. The minimum Gasteiger partial charge on any atom is -0.506 e. The van der Waals surface area contributed by atoms with Crippen LogP contribution in [0.3, 0.4) is 0 Å². The number of carbonyl (C=O) groups is 1. The quantitative estimate of drug-likeness (QED) is 0.371. The lowest BCUT2D eigenvalue weighted by Crippen LogP contribution is -2.16. The van der Waals surface area contributed by atoms with E-state index in [4.69, 9.17) is 4.74 Å². The molecule has 2 heterocycles. The molecule has 0 spiro atoms. The van der Waals surface area contributed by atoms with Crippen LogP contribution in [0.15, 0.2) is 59.6 Å². The Hall–Kier alpha value is -4.12. The lowest BCUT2D eigenvalue weighted by atomic mass is 10.2. The molecule has 3 N–H and O–H groups in total. The molecule has 1 amide bonds. The second-order valence-electron chi connectivity index (χ2n) is 7.27. The number of carbonyl (C=O) groups excluding carboxylic acids is 1. The number of phenols is 1. The van der Waals surface area contributed by atoms with E-state index in [1.165, 1.54) is 36.0 Å². The molecule has 4 aromatic rings. The predicted molar refractivity (Wildman–Crippen MR) is 122 cm³/mol. The van der Waals surface area contributed by atoms with Crippen molar-refractivity contribution < 1.29 is 23.1 Å². The minimum absolute atomic E-state index is 0.0772. The Bertz CT molecular complexity index is 1480. The molecule has 0 aliphatic carbocycles. The van der Waals surface area contributed by atoms with Crippen LogP contribution in [0.4, 0.5) is 11.4 Å². The highest BCUT2D eigenvalue weighted by atomic mass is 32.2. The number of anilines is 2. The number of amides is 1. The summed E-state index contributed by atoms with van der Waals surface area (Å²) in [5, 5.41) is 17.0. The van der Waals surface area contributed by atoms with Gasteiger partial charge >= 0.3 is 0 Å². The van der Waals surface area contributed by atoms with Crippen LogP contribution in [0, 0.1) is 13.8 Å². The molecule has 0 aliphatic rings. The van der Waals surface area contributed by atoms with Gasteiger partial charge in [-0.05, 0) is 50.2 Å². The van der Waals surface area contributed by atoms with Crippen LogP contribution in [0.25, 0.3) is 5.65 Å². The van der Waals surface area contributed by atoms with Crippen molar-refractivity contribution in [2.24, 2.45) is 0 Å². The summed E-state index contributed by atoms with van der Waals surface area (Å²) in [6.45, 7) is 3.64. The number of aromatic hydroxyl groups is 1. The number of aryl methyl sites for hydroxylation is 2. The SMILES string of the molecule is COc1ccccc1NS(=O)(=O)c1ccc(O)c(NC(=O)c2cnn3c(C)cc(C)nc23)c1. The number of hydrogen-bond acceptors (Lipinski definition) is 7. The highest BCUT2D eigenvalue weighted by Gasteiger charge is 2.21. The Balaban J connectivity index is 1.65. The largest absolute Gasteiger partial charge is 0.506 e. The lowest BCUT2D eigenvalue weighted by Gasteiger charge is -2.13. The predicted octanol–water partition coefficient (Wildman–Crippen LogP) is 3.11. The average Bonchev–Trinajstić information content (AvgIpc) is 3.19. The third kappa shape index (κ3) is 4.30. The van der Waals surface area contributed by atoms with Gasteiger partial charge in [-0.1, -0.05) is 12.1 Å². The molecule has 0 bridgehead atoms. The summed E-state index contributed by atoms with van der Waals surface area (Å²) >= 11 is 0. The standard InChI is InChI=1S/C22H21N5O5S/c1-13-10-14(2)27-21(24-13)16(12-23-27)22(29)25-18-11-15(8-9-19(18)28)33(30,31)26-17-6-4-5-7-20(17)32-3/h4-12,26,28H,1-3H3,(H,25,29). The van der Waals surface area contributed by atoms with Gasteiger partial charge in [0.05, 0.1) is 29.6 Å². The molecule has 0 radical (unpaired) electrons. The van der Waals surface area contributed by atoms with Gasteiger partial charge in [0.2, 0.25) is 0 Å². The number of sulfonamides is 1. The summed E-state index contributed by atoms with van der Waals surface area (Å²) < 4.78 is 35.0. The molecule has 0 aliphatic heterocycles. The monoisotopic (exact) mass is 467 g/mol. The van der Waals surface area contributed by atoms with Gasteiger partial charge in [0, 0.05) is 11.4 Å². The van der Waals surface area contributed by atoms with E-state index in [-0.39, 0.29) is 27.6 Å². The summed E-state index contributed by atoms with van der Waals surface area (Å²) in [7, 11) is -2.61. The first-order valence-electron chi connectivity index (χ1n) is 9.82. The first-order valence-corrected chi connectivity index (χ1v) is 11.3. The smallest absolute Gasteiger partial charge is 0.262 e. The molecule has 2 aromatic heterocycles. The van der Waals surface area contributed by atoms with Crippen molar-refractivity contribution in [2.75, 3.05) is 17.1 Å². The van der Waals surface area contributed by atoms with Crippen LogP contribution in [-0.4, -0.2) is 41.1 Å². The van der Waals surface area contributed by atoms with Gasteiger partial charge in [0.15, 0.2) is 5.65 Å². The number of para-hydroxylation sites is 2. The van der Waals surface area contributed by atoms with Crippen molar-refractivity contribution in [1.29, 1.82) is 0 Å². The first kappa shape index (κ1) is 22.1. The summed E-state index contributed by atoms with van der Waals surface area (Å²) in [5.41, 5.74) is 2.23. The topological polar surface area (TPSA) is 135 Å². The van der Waals surface area contributed by atoms with Gasteiger partial charge < -0.3 is 15.2 Å². The van der Waals surface area contributed by atoms with E-state index in [1.807, 2.05) is 13.0 Å². The summed E-state index contributed by atoms with van der Waals surface area (Å²) in [6, 6.07) is 12.0. The maximum absolute atomic E-state index is 12.9. The van der Waals surface area contributed by atoms with Crippen LogP contribution in [0.1, 0.15) is 21.7 Å². The van der Waals surface area contributed by atoms with Gasteiger partial charge in [-0.15, -0.1) is 0 Å². The Labute approximate surface area is 189 Å². The number of nitrogens with one attached hydrogen (secondary N) is 2. The summed E-state index contributed by atoms with van der Waals surface area (Å²) in [4.78, 5) is 17.1. The van der Waals surface area contributed by atoms with Gasteiger partial charge in [-0.2, -0.15) is 5.10 Å². The summed E-state index contributed by atoms with van der Waals surface area (Å²) in [5.74, 6) is -0.541.